The molecule has 0 aromatic carbocycles. The van der Waals surface area contributed by atoms with Crippen LogP contribution in [0.3, 0.4) is 0 Å². The highest BCUT2D eigenvalue weighted by molar-refractivity contribution is 6.14. The zero-order chi connectivity index (χ0) is 13.4. The Labute approximate surface area is 110 Å². The second kappa shape index (κ2) is 8.24. The molecule has 0 saturated heterocycles. The monoisotopic (exact) mass is 261 g/mol. The van der Waals surface area contributed by atoms with Crippen LogP contribution < -0.4 is 5.32 Å². The van der Waals surface area contributed by atoms with E-state index in [1.165, 1.54) is 12.8 Å². The molecule has 0 fully saturated rings. The largest absolute Gasteiger partial charge is 0.372 e. The number of ether oxygens (including phenoxy) is 2. The predicted octanol–water partition coefficient (Wildman–Crippen LogP) is 1.64. The molecule has 1 unspecified atom stereocenters. The SMILES string of the molecule is CCCCCOC([SiH3])(COC(C)(C)C)NCC. The normalized spacial score (nSPS) is 16.1. The van der Waals surface area contributed by atoms with E-state index in [0.29, 0.717) is 6.61 Å². The van der Waals surface area contributed by atoms with Gasteiger partial charge in [-0.05, 0) is 33.7 Å². The third kappa shape index (κ3) is 9.77. The Morgan fingerprint density at radius 2 is 1.71 bits per heavy atom. The van der Waals surface area contributed by atoms with Gasteiger partial charge >= 0.3 is 0 Å². The molecule has 0 aliphatic rings. The van der Waals surface area contributed by atoms with Crippen molar-refractivity contribution in [2.75, 3.05) is 19.8 Å². The summed E-state index contributed by atoms with van der Waals surface area (Å²) in [5, 5.41) is 3.20. The first-order chi connectivity index (χ1) is 7.83. The van der Waals surface area contributed by atoms with E-state index in [1.54, 1.807) is 0 Å². The number of rotatable bonds is 9. The minimum Gasteiger partial charge on any atom is -0.372 e. The van der Waals surface area contributed by atoms with Crippen molar-refractivity contribution < 1.29 is 9.47 Å². The molecule has 0 heterocycles. The fourth-order valence-corrected chi connectivity index (χ4v) is 2.22. The number of unbranched alkanes of at least 4 members (excludes halogenated alkanes) is 2. The van der Waals surface area contributed by atoms with Gasteiger partial charge in [0.15, 0.2) is 0 Å². The minimum atomic E-state index is -0.226. The van der Waals surface area contributed by atoms with E-state index in [-0.39, 0.29) is 10.9 Å². The first-order valence-electron chi connectivity index (χ1n) is 6.86. The number of hydrogen-bond donors (Lipinski definition) is 1. The zero-order valence-corrected chi connectivity index (χ0v) is 14.6. The van der Waals surface area contributed by atoms with E-state index in [2.05, 4.69) is 39.9 Å². The molecular weight excluding hydrogens is 230 g/mol. The number of likely N-dealkylation sites (N-methyl/N-ethyl adjacent to an activating group) is 1. The maximum absolute atomic E-state index is 5.99. The average molecular weight is 261 g/mol. The number of nitrogens with one attached hydrogen (secondary N) is 1. The Kier molecular flexibility index (Phi) is 8.29. The first-order valence-corrected chi connectivity index (χ1v) is 7.86. The van der Waals surface area contributed by atoms with Crippen LogP contribution in [0.15, 0.2) is 0 Å². The van der Waals surface area contributed by atoms with E-state index in [9.17, 15) is 0 Å². The molecular formula is C13H31NO2Si. The molecule has 17 heavy (non-hydrogen) atoms. The molecule has 0 spiro atoms. The van der Waals surface area contributed by atoms with Crippen molar-refractivity contribution in [3.63, 3.8) is 0 Å². The Morgan fingerprint density at radius 1 is 1.06 bits per heavy atom. The van der Waals surface area contributed by atoms with Gasteiger partial charge in [0, 0.05) is 6.61 Å². The molecule has 4 heteroatoms. The topological polar surface area (TPSA) is 30.5 Å². The van der Waals surface area contributed by atoms with Gasteiger partial charge in [-0.25, -0.2) is 0 Å². The Bertz CT molecular complexity index is 194. The summed E-state index contributed by atoms with van der Waals surface area (Å²) in [6.07, 6.45) is 3.61. The second-order valence-corrected chi connectivity index (χ2v) is 7.33. The number of hydrogen-bond acceptors (Lipinski definition) is 3. The summed E-state index contributed by atoms with van der Waals surface area (Å²) >= 11 is 0. The highest BCUT2D eigenvalue weighted by Crippen LogP contribution is 2.12. The lowest BCUT2D eigenvalue weighted by atomic mass is 10.2. The summed E-state index contributed by atoms with van der Waals surface area (Å²) in [5.74, 6) is 0. The van der Waals surface area contributed by atoms with E-state index >= 15 is 0 Å². The van der Waals surface area contributed by atoms with E-state index in [4.69, 9.17) is 9.47 Å². The molecule has 0 aromatic rings. The molecule has 0 aromatic heterocycles. The fourth-order valence-electron chi connectivity index (χ4n) is 1.52. The molecule has 0 bridgehead atoms. The summed E-state index contributed by atoms with van der Waals surface area (Å²) in [7, 11) is 0.931. The van der Waals surface area contributed by atoms with Gasteiger partial charge < -0.3 is 9.47 Å². The smallest absolute Gasteiger partial charge is 0.118 e. The van der Waals surface area contributed by atoms with Crippen LogP contribution in [-0.4, -0.2) is 41.0 Å². The van der Waals surface area contributed by atoms with Gasteiger partial charge in [0.25, 0.3) is 0 Å². The van der Waals surface area contributed by atoms with Crippen molar-refractivity contribution in [1.29, 1.82) is 0 Å². The van der Waals surface area contributed by atoms with Crippen molar-refractivity contribution in [2.45, 2.75) is 64.8 Å². The summed E-state index contributed by atoms with van der Waals surface area (Å²) in [6, 6.07) is 0. The van der Waals surface area contributed by atoms with Crippen LogP contribution in [0.25, 0.3) is 0 Å². The minimum absolute atomic E-state index is 0.0993. The van der Waals surface area contributed by atoms with Gasteiger partial charge in [-0.1, -0.05) is 26.7 Å². The van der Waals surface area contributed by atoms with Crippen LogP contribution in [0.1, 0.15) is 53.9 Å². The molecule has 3 nitrogen and oxygen atoms in total. The maximum atomic E-state index is 5.99. The molecule has 0 saturated carbocycles. The summed E-state index contributed by atoms with van der Waals surface area (Å²) in [4.78, 5) is 0. The summed E-state index contributed by atoms with van der Waals surface area (Å²) < 4.78 is 11.8. The lowest BCUT2D eigenvalue weighted by Crippen LogP contribution is -2.53. The molecule has 0 aliphatic carbocycles. The zero-order valence-electron chi connectivity index (χ0n) is 12.6. The Balaban J connectivity index is 4.06. The summed E-state index contributed by atoms with van der Waals surface area (Å²) in [5.41, 5.74) is -0.0993. The van der Waals surface area contributed by atoms with Crippen LogP contribution in [0.4, 0.5) is 0 Å². The van der Waals surface area contributed by atoms with Crippen LogP contribution in [0.2, 0.25) is 0 Å². The Hall–Kier alpha value is 0.0969. The third-order valence-electron chi connectivity index (χ3n) is 2.50. The van der Waals surface area contributed by atoms with Crippen LogP contribution >= 0.6 is 0 Å². The average Bonchev–Trinajstić information content (AvgIpc) is 2.22. The lowest BCUT2D eigenvalue weighted by molar-refractivity contribution is -0.105. The molecule has 104 valence electrons. The maximum Gasteiger partial charge on any atom is 0.118 e. The van der Waals surface area contributed by atoms with Crippen LogP contribution in [-0.2, 0) is 9.47 Å². The van der Waals surface area contributed by atoms with Gasteiger partial charge in [-0.3, -0.25) is 5.32 Å². The molecule has 0 aliphatic heterocycles. The van der Waals surface area contributed by atoms with Crippen molar-refractivity contribution in [3.05, 3.63) is 0 Å². The molecule has 1 N–H and O–H groups in total. The molecule has 0 rings (SSSR count). The van der Waals surface area contributed by atoms with Crippen molar-refractivity contribution >= 4 is 10.2 Å². The molecule has 0 radical (unpaired) electrons. The lowest BCUT2D eigenvalue weighted by Gasteiger charge is -2.34. The van der Waals surface area contributed by atoms with Crippen molar-refractivity contribution in [2.24, 2.45) is 0 Å². The standard InChI is InChI=1S/C13H31NO2Si/c1-6-8-9-10-15-13(17,14-7-2)11-16-12(3,4)5/h14H,6-11H2,1-5,17H3. The quantitative estimate of drug-likeness (QED) is 0.389. The fraction of sp³-hybridized carbons (Fsp3) is 1.00. The highest BCUT2D eigenvalue weighted by atomic mass is 28.1. The van der Waals surface area contributed by atoms with E-state index in [0.717, 1.165) is 29.8 Å². The van der Waals surface area contributed by atoms with Crippen LogP contribution in [0.5, 0.6) is 0 Å². The van der Waals surface area contributed by atoms with Gasteiger partial charge in [0.2, 0.25) is 0 Å². The molecule has 0 amide bonds. The van der Waals surface area contributed by atoms with Crippen molar-refractivity contribution in [1.82, 2.24) is 5.32 Å². The summed E-state index contributed by atoms with van der Waals surface area (Å²) in [6.45, 7) is 13.0. The molecule has 1 atom stereocenters. The second-order valence-electron chi connectivity index (χ2n) is 5.72. The first kappa shape index (κ1) is 17.1. The van der Waals surface area contributed by atoms with Gasteiger partial charge in [0.1, 0.15) is 5.35 Å². The predicted molar refractivity (Wildman–Crippen MR) is 77.5 cm³/mol. The van der Waals surface area contributed by atoms with Crippen molar-refractivity contribution in [3.8, 4) is 0 Å². The van der Waals surface area contributed by atoms with Gasteiger partial charge in [-0.2, -0.15) is 0 Å². The Morgan fingerprint density at radius 3 is 2.18 bits per heavy atom. The third-order valence-corrected chi connectivity index (χ3v) is 3.43. The van der Waals surface area contributed by atoms with E-state index < -0.39 is 0 Å². The highest BCUT2D eigenvalue weighted by Gasteiger charge is 2.26. The van der Waals surface area contributed by atoms with Crippen LogP contribution in [0, 0.1) is 0 Å². The van der Waals surface area contributed by atoms with Gasteiger partial charge in [0.05, 0.1) is 22.5 Å². The van der Waals surface area contributed by atoms with E-state index in [1.807, 2.05) is 0 Å². The van der Waals surface area contributed by atoms with Gasteiger partial charge in [-0.15, -0.1) is 0 Å².